The Hall–Kier alpha value is -3.32. The van der Waals surface area contributed by atoms with Gasteiger partial charge in [0.25, 0.3) is 0 Å². The second-order valence-electron chi connectivity index (χ2n) is 6.05. The fraction of sp³-hybridized carbons (Fsp3) is 0.0952. The molecule has 2 aromatic carbocycles. The number of nitrogens with zero attached hydrogens (tertiary/aromatic N) is 2. The molecule has 0 aliphatic heterocycles. The molecule has 0 atom stereocenters. The molecule has 0 aliphatic rings. The van der Waals surface area contributed by atoms with Crippen molar-refractivity contribution >= 4 is 45.2 Å². The molecule has 0 fully saturated rings. The van der Waals surface area contributed by atoms with Crippen LogP contribution in [0.25, 0.3) is 27.5 Å². The van der Waals surface area contributed by atoms with Crippen molar-refractivity contribution in [3.63, 3.8) is 0 Å². The lowest BCUT2D eigenvalue weighted by atomic mass is 10.2. The highest BCUT2D eigenvalue weighted by molar-refractivity contribution is 7.99. The van der Waals surface area contributed by atoms with Crippen LogP contribution >= 0.6 is 11.8 Å². The summed E-state index contributed by atoms with van der Waals surface area (Å²) in [7, 11) is 1.27. The van der Waals surface area contributed by atoms with Crippen molar-refractivity contribution < 1.29 is 14.6 Å². The van der Waals surface area contributed by atoms with Crippen molar-refractivity contribution in [3.8, 4) is 0 Å². The number of carbonyl (C=O) groups excluding carboxylic acids is 1. The topological polar surface area (TPSA) is 88.1 Å². The Morgan fingerprint density at radius 1 is 1.04 bits per heavy atom. The van der Waals surface area contributed by atoms with Crippen LogP contribution in [0, 0.1) is 0 Å². The first kappa shape index (κ1) is 18.1. The van der Waals surface area contributed by atoms with Crippen molar-refractivity contribution in [2.75, 3.05) is 12.9 Å². The number of carbonyl (C=O) groups is 1. The normalized spacial score (nSPS) is 12.2. The number of aromatic amines is 1. The molecule has 7 heteroatoms. The van der Waals surface area contributed by atoms with Gasteiger partial charge in [0.05, 0.1) is 34.4 Å². The SMILES string of the molecule is COC(=O)/C(=C(\O)CSc1ccc2ccccc2n1)c1nc2ccccc2[nH]1. The summed E-state index contributed by atoms with van der Waals surface area (Å²) in [5.74, 6) is -0.334. The first-order valence-corrected chi connectivity index (χ1v) is 9.58. The molecule has 2 N–H and O–H groups in total. The number of thioether (sulfide) groups is 1. The van der Waals surface area contributed by atoms with Crippen molar-refractivity contribution in [1.82, 2.24) is 15.0 Å². The molecule has 4 rings (SSSR count). The summed E-state index contributed by atoms with van der Waals surface area (Å²) in [6.07, 6.45) is 0. The van der Waals surface area contributed by atoms with E-state index in [1.54, 1.807) is 0 Å². The Morgan fingerprint density at radius 3 is 2.57 bits per heavy atom. The maximum Gasteiger partial charge on any atom is 0.345 e. The number of imidazole rings is 1. The molecule has 0 unspecified atom stereocenters. The van der Waals surface area contributed by atoms with E-state index in [9.17, 15) is 9.90 Å². The Kier molecular flexibility index (Phi) is 4.99. The second-order valence-corrected chi connectivity index (χ2v) is 7.04. The van der Waals surface area contributed by atoms with Gasteiger partial charge in [-0.1, -0.05) is 48.2 Å². The quantitative estimate of drug-likeness (QED) is 0.228. The molecular weight excluding hydrogens is 374 g/mol. The van der Waals surface area contributed by atoms with Crippen LogP contribution in [0.4, 0.5) is 0 Å². The first-order chi connectivity index (χ1) is 13.7. The van der Waals surface area contributed by atoms with E-state index in [1.807, 2.05) is 60.7 Å². The summed E-state index contributed by atoms with van der Waals surface area (Å²) in [5.41, 5.74) is 2.37. The van der Waals surface area contributed by atoms with E-state index in [-0.39, 0.29) is 22.9 Å². The number of esters is 1. The first-order valence-electron chi connectivity index (χ1n) is 8.60. The Morgan fingerprint density at radius 2 is 1.79 bits per heavy atom. The molecule has 0 spiro atoms. The van der Waals surface area contributed by atoms with Crippen molar-refractivity contribution in [2.24, 2.45) is 0 Å². The fourth-order valence-electron chi connectivity index (χ4n) is 2.87. The monoisotopic (exact) mass is 391 g/mol. The lowest BCUT2D eigenvalue weighted by Gasteiger charge is -2.07. The highest BCUT2D eigenvalue weighted by Crippen LogP contribution is 2.26. The van der Waals surface area contributed by atoms with Crippen LogP contribution in [-0.4, -0.2) is 38.9 Å². The Bertz CT molecular complexity index is 1170. The summed E-state index contributed by atoms with van der Waals surface area (Å²) < 4.78 is 4.85. The summed E-state index contributed by atoms with van der Waals surface area (Å²) in [4.78, 5) is 24.3. The van der Waals surface area contributed by atoms with Crippen LogP contribution in [0.5, 0.6) is 0 Å². The fourth-order valence-corrected chi connectivity index (χ4v) is 3.62. The molecule has 28 heavy (non-hydrogen) atoms. The number of nitrogens with one attached hydrogen (secondary N) is 1. The van der Waals surface area contributed by atoms with E-state index in [1.165, 1.54) is 18.9 Å². The van der Waals surface area contributed by atoms with Gasteiger partial charge in [-0.2, -0.15) is 0 Å². The minimum absolute atomic E-state index is 0.0204. The molecule has 2 heterocycles. The van der Waals surface area contributed by atoms with Crippen molar-refractivity contribution in [2.45, 2.75) is 5.03 Å². The van der Waals surface area contributed by atoms with Gasteiger partial charge in [-0.15, -0.1) is 0 Å². The molecule has 4 aromatic rings. The summed E-state index contributed by atoms with van der Waals surface area (Å²) in [6, 6.07) is 19.1. The number of aliphatic hydroxyl groups excluding tert-OH is 1. The van der Waals surface area contributed by atoms with Gasteiger partial charge >= 0.3 is 5.97 Å². The van der Waals surface area contributed by atoms with Crippen LogP contribution in [0.1, 0.15) is 5.82 Å². The van der Waals surface area contributed by atoms with Gasteiger partial charge in [-0.3, -0.25) is 0 Å². The van der Waals surface area contributed by atoms with E-state index in [2.05, 4.69) is 15.0 Å². The van der Waals surface area contributed by atoms with Gasteiger partial charge in [0.15, 0.2) is 0 Å². The van der Waals surface area contributed by atoms with E-state index in [0.717, 1.165) is 21.4 Å². The van der Waals surface area contributed by atoms with Gasteiger partial charge in [-0.25, -0.2) is 14.8 Å². The molecule has 0 amide bonds. The zero-order chi connectivity index (χ0) is 19.5. The molecular formula is C21H17N3O3S. The van der Waals surface area contributed by atoms with E-state index < -0.39 is 5.97 Å². The number of pyridine rings is 1. The second kappa shape index (κ2) is 7.74. The third-order valence-electron chi connectivity index (χ3n) is 4.23. The summed E-state index contributed by atoms with van der Waals surface area (Å²) >= 11 is 1.33. The van der Waals surface area contributed by atoms with E-state index >= 15 is 0 Å². The van der Waals surface area contributed by atoms with E-state index in [0.29, 0.717) is 5.52 Å². The number of ether oxygens (including phenoxy) is 1. The maximum absolute atomic E-state index is 12.3. The molecule has 6 nitrogen and oxygen atoms in total. The van der Waals surface area contributed by atoms with Crippen molar-refractivity contribution in [3.05, 3.63) is 72.2 Å². The van der Waals surface area contributed by atoms with Crippen LogP contribution in [-0.2, 0) is 9.53 Å². The third-order valence-corrected chi connectivity index (χ3v) is 5.17. The van der Waals surface area contributed by atoms with Crippen LogP contribution in [0.2, 0.25) is 0 Å². The van der Waals surface area contributed by atoms with Crippen molar-refractivity contribution in [1.29, 1.82) is 0 Å². The highest BCUT2D eigenvalue weighted by Gasteiger charge is 2.22. The largest absolute Gasteiger partial charge is 0.510 e. The van der Waals surface area contributed by atoms with Gasteiger partial charge in [0, 0.05) is 5.39 Å². The smallest absolute Gasteiger partial charge is 0.345 e. The number of hydrogen-bond acceptors (Lipinski definition) is 6. The highest BCUT2D eigenvalue weighted by atomic mass is 32.2. The minimum atomic E-state index is -0.649. The molecule has 0 aliphatic carbocycles. The Balaban J connectivity index is 1.64. The number of H-pyrrole nitrogens is 1. The van der Waals surface area contributed by atoms with Crippen LogP contribution in [0.3, 0.4) is 0 Å². The van der Waals surface area contributed by atoms with Crippen LogP contribution in [0.15, 0.2) is 71.4 Å². The minimum Gasteiger partial charge on any atom is -0.510 e. The number of fused-ring (bicyclic) bond motifs is 2. The molecule has 140 valence electrons. The number of benzene rings is 2. The summed E-state index contributed by atoms with van der Waals surface area (Å²) in [6.45, 7) is 0. The molecule has 0 saturated heterocycles. The number of aliphatic hydroxyl groups is 1. The molecule has 0 bridgehead atoms. The number of aromatic nitrogens is 3. The lowest BCUT2D eigenvalue weighted by Crippen LogP contribution is -2.09. The zero-order valence-corrected chi connectivity index (χ0v) is 15.9. The number of rotatable bonds is 5. The zero-order valence-electron chi connectivity index (χ0n) is 15.0. The third kappa shape index (κ3) is 3.57. The molecule has 0 radical (unpaired) electrons. The molecule has 0 saturated carbocycles. The number of para-hydroxylation sites is 3. The molecule has 2 aromatic heterocycles. The lowest BCUT2D eigenvalue weighted by molar-refractivity contribution is -0.133. The van der Waals surface area contributed by atoms with Gasteiger partial charge in [0.2, 0.25) is 0 Å². The predicted octanol–water partition coefficient (Wildman–Crippen LogP) is 4.35. The van der Waals surface area contributed by atoms with Gasteiger partial charge < -0.3 is 14.8 Å². The standard InChI is InChI=1S/C21H17N3O3S/c1-27-21(26)19(20-23-15-8-4-5-9-16(15)24-20)17(25)12-28-18-11-10-13-6-2-3-7-14(13)22-18/h2-11,25H,12H2,1H3,(H,23,24)/b19-17-. The Labute approximate surface area is 165 Å². The average molecular weight is 391 g/mol. The van der Waals surface area contributed by atoms with Gasteiger partial charge in [-0.05, 0) is 24.3 Å². The van der Waals surface area contributed by atoms with Crippen LogP contribution < -0.4 is 0 Å². The van der Waals surface area contributed by atoms with E-state index in [4.69, 9.17) is 4.74 Å². The number of methoxy groups -OCH3 is 1. The maximum atomic E-state index is 12.3. The average Bonchev–Trinajstić information content (AvgIpc) is 3.15. The predicted molar refractivity (Wildman–Crippen MR) is 110 cm³/mol. The van der Waals surface area contributed by atoms with Gasteiger partial charge in [0.1, 0.15) is 17.2 Å². The summed E-state index contributed by atoms with van der Waals surface area (Å²) in [5, 5.41) is 12.4. The number of hydrogen-bond donors (Lipinski definition) is 2.